The van der Waals surface area contributed by atoms with Crippen molar-refractivity contribution < 1.29 is 9.53 Å². The van der Waals surface area contributed by atoms with Gasteiger partial charge >= 0.3 is 0 Å². The Morgan fingerprint density at radius 1 is 1.24 bits per heavy atom. The van der Waals surface area contributed by atoms with Crippen molar-refractivity contribution in [2.24, 2.45) is 4.99 Å². The van der Waals surface area contributed by atoms with Crippen molar-refractivity contribution in [3.8, 4) is 5.75 Å². The van der Waals surface area contributed by atoms with Gasteiger partial charge in [0.1, 0.15) is 28.4 Å². The van der Waals surface area contributed by atoms with Gasteiger partial charge in [-0.1, -0.05) is 30.3 Å². The molecule has 0 saturated heterocycles. The maximum absolute atomic E-state index is 11.5. The van der Waals surface area contributed by atoms with E-state index < -0.39 is 0 Å². The molecule has 0 N–H and O–H groups in total. The second-order valence-electron chi connectivity index (χ2n) is 5.79. The van der Waals surface area contributed by atoms with Gasteiger partial charge in [-0.3, -0.25) is 9.79 Å². The van der Waals surface area contributed by atoms with Crippen LogP contribution in [-0.4, -0.2) is 27.6 Å². The number of thioether (sulfide) groups is 1. The fourth-order valence-corrected chi connectivity index (χ4v) is 4.71. The van der Waals surface area contributed by atoms with Crippen LogP contribution in [0.1, 0.15) is 17.5 Å². The molecule has 0 radical (unpaired) electrons. The highest BCUT2D eigenvalue weighted by atomic mass is 32.2. The summed E-state index contributed by atoms with van der Waals surface area (Å²) in [6.45, 7) is 2.13. The van der Waals surface area contributed by atoms with Gasteiger partial charge in [-0.05, 0) is 30.7 Å². The Kier molecular flexibility index (Phi) is 4.55. The molecule has 6 heteroatoms. The lowest BCUT2D eigenvalue weighted by molar-refractivity contribution is -0.117. The number of carbonyl (C=O) groups excluding carboxylic acids is 1. The van der Waals surface area contributed by atoms with E-state index in [1.54, 1.807) is 30.0 Å². The monoisotopic (exact) mass is 368 g/mol. The van der Waals surface area contributed by atoms with Crippen LogP contribution in [0.3, 0.4) is 0 Å². The van der Waals surface area contributed by atoms with E-state index in [1.807, 2.05) is 48.5 Å². The first-order valence-corrected chi connectivity index (χ1v) is 9.78. The third-order valence-electron chi connectivity index (χ3n) is 3.91. The minimum atomic E-state index is -0.225. The van der Waals surface area contributed by atoms with Crippen molar-refractivity contribution in [2.45, 2.75) is 19.6 Å². The smallest absolute Gasteiger partial charge is 0.155 e. The van der Waals surface area contributed by atoms with E-state index in [2.05, 4.69) is 9.98 Å². The van der Waals surface area contributed by atoms with Crippen LogP contribution in [0.15, 0.2) is 53.5 Å². The van der Waals surface area contributed by atoms with Crippen LogP contribution >= 0.6 is 23.1 Å². The quantitative estimate of drug-likeness (QED) is 0.673. The number of carbonyl (C=O) groups is 1. The van der Waals surface area contributed by atoms with E-state index in [9.17, 15) is 4.79 Å². The highest BCUT2D eigenvalue weighted by Crippen LogP contribution is 2.31. The van der Waals surface area contributed by atoms with Crippen LogP contribution in [0.4, 0.5) is 0 Å². The number of thiazole rings is 1. The summed E-state index contributed by atoms with van der Waals surface area (Å²) in [4.78, 5) is 20.6. The number of ketones is 1. The molecule has 2 aromatic carbocycles. The van der Waals surface area contributed by atoms with Gasteiger partial charge in [0.25, 0.3) is 0 Å². The fourth-order valence-electron chi connectivity index (χ4n) is 2.53. The molecule has 0 saturated carbocycles. The molecule has 0 aliphatic carbocycles. The van der Waals surface area contributed by atoms with Crippen LogP contribution in [0, 0.1) is 0 Å². The van der Waals surface area contributed by atoms with E-state index in [0.717, 1.165) is 31.6 Å². The van der Waals surface area contributed by atoms with E-state index in [4.69, 9.17) is 4.74 Å². The zero-order valence-corrected chi connectivity index (χ0v) is 15.3. The molecule has 0 amide bonds. The number of aliphatic imine (C=N–C) groups is 1. The molecular weight excluding hydrogens is 352 g/mol. The Labute approximate surface area is 154 Å². The van der Waals surface area contributed by atoms with E-state index in [-0.39, 0.29) is 11.8 Å². The highest BCUT2D eigenvalue weighted by molar-refractivity contribution is 8.15. The Balaban J connectivity index is 1.53. The average Bonchev–Trinajstić information content (AvgIpc) is 3.27. The molecule has 0 spiro atoms. The molecule has 126 valence electrons. The van der Waals surface area contributed by atoms with E-state index in [0.29, 0.717) is 12.4 Å². The summed E-state index contributed by atoms with van der Waals surface area (Å²) in [5.41, 5.74) is 2.07. The van der Waals surface area contributed by atoms with Crippen molar-refractivity contribution in [3.05, 3.63) is 59.1 Å². The average molecular weight is 368 g/mol. The maximum atomic E-state index is 11.5. The summed E-state index contributed by atoms with van der Waals surface area (Å²) in [5.74, 6) is 1.65. The van der Waals surface area contributed by atoms with Gasteiger partial charge in [0.2, 0.25) is 0 Å². The molecule has 2 heterocycles. The van der Waals surface area contributed by atoms with Crippen LogP contribution in [0.2, 0.25) is 0 Å². The highest BCUT2D eigenvalue weighted by Gasteiger charge is 2.24. The number of hydrogen-bond acceptors (Lipinski definition) is 6. The van der Waals surface area contributed by atoms with E-state index >= 15 is 0 Å². The fraction of sp³-hybridized carbons (Fsp3) is 0.211. The topological polar surface area (TPSA) is 51.5 Å². The Morgan fingerprint density at radius 3 is 2.84 bits per heavy atom. The summed E-state index contributed by atoms with van der Waals surface area (Å²) in [6, 6.07) is 15.8. The lowest BCUT2D eigenvalue weighted by Crippen LogP contribution is -2.14. The normalized spacial score (nSPS) is 16.8. The largest absolute Gasteiger partial charge is 0.489 e. The number of rotatable bonds is 5. The maximum Gasteiger partial charge on any atom is 0.155 e. The first-order valence-electron chi connectivity index (χ1n) is 7.98. The summed E-state index contributed by atoms with van der Waals surface area (Å²) in [6.07, 6.45) is 0. The lowest BCUT2D eigenvalue weighted by atomic mass is 10.2. The zero-order valence-electron chi connectivity index (χ0n) is 13.6. The number of aromatic nitrogens is 1. The van der Waals surface area contributed by atoms with Gasteiger partial charge < -0.3 is 4.74 Å². The van der Waals surface area contributed by atoms with Crippen molar-refractivity contribution in [1.82, 2.24) is 4.98 Å². The second-order valence-corrected chi connectivity index (χ2v) is 7.83. The number of hydrogen-bond donors (Lipinski definition) is 0. The van der Waals surface area contributed by atoms with Gasteiger partial charge in [0.05, 0.1) is 10.2 Å². The van der Waals surface area contributed by atoms with Gasteiger partial charge in [0.15, 0.2) is 5.78 Å². The molecule has 4 nitrogen and oxygen atoms in total. The number of fused-ring (bicyclic) bond motifs is 1. The Bertz CT molecular complexity index is 950. The first kappa shape index (κ1) is 16.3. The summed E-state index contributed by atoms with van der Waals surface area (Å²) < 4.78 is 6.95. The number of ether oxygens (including phenoxy) is 1. The predicted molar refractivity (Wildman–Crippen MR) is 104 cm³/mol. The molecule has 0 bridgehead atoms. The Morgan fingerprint density at radius 2 is 2.08 bits per heavy atom. The predicted octanol–water partition coefficient (Wildman–Crippen LogP) is 4.33. The number of Topliss-reactive ketones (excluding diaryl/α,β-unsaturated/α-hetero) is 1. The van der Waals surface area contributed by atoms with E-state index in [1.165, 1.54) is 0 Å². The van der Waals surface area contributed by atoms with Crippen molar-refractivity contribution in [2.75, 3.05) is 5.75 Å². The van der Waals surface area contributed by atoms with Crippen LogP contribution < -0.4 is 4.74 Å². The molecule has 4 rings (SSSR count). The number of benzene rings is 2. The Hall–Kier alpha value is -2.18. The van der Waals surface area contributed by atoms with Crippen LogP contribution in [-0.2, 0) is 11.4 Å². The number of nitrogens with zero attached hydrogens (tertiary/aromatic N) is 2. The van der Waals surface area contributed by atoms with Gasteiger partial charge in [-0.15, -0.1) is 23.1 Å². The third-order valence-corrected chi connectivity index (χ3v) is 6.12. The molecule has 1 aromatic heterocycles. The van der Waals surface area contributed by atoms with Crippen molar-refractivity contribution in [1.29, 1.82) is 0 Å². The summed E-state index contributed by atoms with van der Waals surface area (Å²) >= 11 is 3.19. The summed E-state index contributed by atoms with van der Waals surface area (Å²) in [5, 5.41) is 1.75. The molecule has 1 aliphatic heterocycles. The van der Waals surface area contributed by atoms with Crippen molar-refractivity contribution in [3.63, 3.8) is 0 Å². The third kappa shape index (κ3) is 3.60. The molecule has 1 atom stereocenters. The molecule has 3 aromatic rings. The minimum Gasteiger partial charge on any atom is -0.489 e. The molecule has 25 heavy (non-hydrogen) atoms. The standard InChI is InChI=1S/C19H16N2O2S2/c1-12(22)16-11-24-18(21-16)19-20-15-8-7-14(9-17(15)25-19)23-10-13-5-3-2-4-6-13/h2-9,16H,10-11H2,1H3/t16-/m1/s1. The first-order chi connectivity index (χ1) is 12.2. The van der Waals surface area contributed by atoms with Crippen LogP contribution in [0.25, 0.3) is 10.2 Å². The summed E-state index contributed by atoms with van der Waals surface area (Å²) in [7, 11) is 0. The molecule has 0 fully saturated rings. The van der Waals surface area contributed by atoms with Gasteiger partial charge in [-0.2, -0.15) is 0 Å². The van der Waals surface area contributed by atoms with Gasteiger partial charge in [-0.25, -0.2) is 4.98 Å². The lowest BCUT2D eigenvalue weighted by Gasteiger charge is -2.05. The minimum absolute atomic E-state index is 0.111. The van der Waals surface area contributed by atoms with Gasteiger partial charge in [0, 0.05) is 5.75 Å². The zero-order chi connectivity index (χ0) is 17.2. The SMILES string of the molecule is CC(=O)[C@H]1CSC(c2nc3ccc(OCc4ccccc4)cc3s2)=N1. The molecule has 1 aliphatic rings. The van der Waals surface area contributed by atoms with Crippen molar-refractivity contribution >= 4 is 44.1 Å². The second kappa shape index (κ2) is 6.98. The van der Waals surface area contributed by atoms with Crippen LogP contribution in [0.5, 0.6) is 5.75 Å². The molecule has 0 unspecified atom stereocenters. The molecular formula is C19H16N2O2S2.